The minimum Gasteiger partial charge on any atom is -0.478 e. The molecule has 0 spiro atoms. The molecular weight excluding hydrogens is 272 g/mol. The summed E-state index contributed by atoms with van der Waals surface area (Å²) in [6.45, 7) is 0. The molecule has 0 atom stereocenters. The van der Waals surface area contributed by atoms with Crippen molar-refractivity contribution in [2.45, 2.75) is 38.0 Å². The summed E-state index contributed by atoms with van der Waals surface area (Å²) in [5.74, 6) is -1.46. The van der Waals surface area contributed by atoms with Crippen molar-refractivity contribution < 1.29 is 19.8 Å². The van der Waals surface area contributed by atoms with Crippen LogP contribution in [0.2, 0.25) is 0 Å². The molecule has 6 nitrogen and oxygen atoms in total. The molecule has 1 aliphatic carbocycles. The summed E-state index contributed by atoms with van der Waals surface area (Å²) in [5.41, 5.74) is -0.0175. The summed E-state index contributed by atoms with van der Waals surface area (Å²) >= 11 is 0. The van der Waals surface area contributed by atoms with Crippen LogP contribution >= 0.6 is 0 Å². The molecule has 110 valence electrons. The first-order valence-electron chi connectivity index (χ1n) is 7.07. The van der Waals surface area contributed by atoms with Gasteiger partial charge < -0.3 is 14.6 Å². The zero-order valence-electron chi connectivity index (χ0n) is 11.5. The summed E-state index contributed by atoms with van der Waals surface area (Å²) < 4.78 is 1.64. The van der Waals surface area contributed by atoms with Crippen LogP contribution in [0.3, 0.4) is 0 Å². The van der Waals surface area contributed by atoms with E-state index >= 15 is 0 Å². The lowest BCUT2D eigenvalue weighted by Gasteiger charge is -2.20. The molecule has 2 N–H and O–H groups in total. The Hall–Kier alpha value is -2.37. The summed E-state index contributed by atoms with van der Waals surface area (Å²) in [4.78, 5) is 27.0. The molecule has 0 radical (unpaired) electrons. The predicted octanol–water partition coefficient (Wildman–Crippen LogP) is 2.78. The number of rotatable bonds is 3. The van der Waals surface area contributed by atoms with E-state index in [1.165, 1.54) is 12.5 Å². The Labute approximate surface area is 121 Å². The minimum absolute atomic E-state index is 0.0236. The summed E-state index contributed by atoms with van der Waals surface area (Å²) in [6, 6.07) is 3.03. The molecule has 2 aromatic rings. The molecule has 0 amide bonds. The molecule has 1 aliphatic rings. The second kappa shape index (κ2) is 5.20. The van der Waals surface area contributed by atoms with Gasteiger partial charge in [-0.2, -0.15) is 0 Å². The highest BCUT2D eigenvalue weighted by atomic mass is 16.4. The number of imidazole rings is 1. The number of carboxylic acids is 2. The van der Waals surface area contributed by atoms with Crippen LogP contribution in [0.1, 0.15) is 64.7 Å². The quantitative estimate of drug-likeness (QED) is 0.906. The smallest absolute Gasteiger partial charge is 0.356 e. The van der Waals surface area contributed by atoms with Crippen molar-refractivity contribution in [1.29, 1.82) is 0 Å². The van der Waals surface area contributed by atoms with Crippen molar-refractivity contribution in [1.82, 2.24) is 9.38 Å². The van der Waals surface area contributed by atoms with Gasteiger partial charge in [0.2, 0.25) is 0 Å². The van der Waals surface area contributed by atoms with E-state index in [1.54, 1.807) is 16.7 Å². The van der Waals surface area contributed by atoms with Crippen molar-refractivity contribution in [3.05, 3.63) is 35.4 Å². The number of nitrogens with zero attached hydrogens (tertiary/aromatic N) is 2. The van der Waals surface area contributed by atoms with E-state index in [9.17, 15) is 19.8 Å². The Morgan fingerprint density at radius 1 is 1.14 bits per heavy atom. The SMILES string of the molecule is O=C(O)c1cccn2c(C3CCCCC3)nc(C(=O)O)c12. The number of carbonyl (C=O) groups is 2. The van der Waals surface area contributed by atoms with Gasteiger partial charge in [-0.05, 0) is 25.0 Å². The number of aromatic nitrogens is 2. The lowest BCUT2D eigenvalue weighted by Crippen LogP contribution is -2.09. The van der Waals surface area contributed by atoms with Gasteiger partial charge in [0.1, 0.15) is 5.82 Å². The normalized spacial score (nSPS) is 16.2. The van der Waals surface area contributed by atoms with Gasteiger partial charge in [-0.25, -0.2) is 14.6 Å². The van der Waals surface area contributed by atoms with Crippen LogP contribution in [0.4, 0.5) is 0 Å². The van der Waals surface area contributed by atoms with Gasteiger partial charge in [0, 0.05) is 12.1 Å². The van der Waals surface area contributed by atoms with Crippen LogP contribution in [0.15, 0.2) is 18.3 Å². The number of hydrogen-bond acceptors (Lipinski definition) is 3. The maximum Gasteiger partial charge on any atom is 0.356 e. The Morgan fingerprint density at radius 3 is 2.48 bits per heavy atom. The molecule has 0 unspecified atom stereocenters. The molecule has 0 aliphatic heterocycles. The molecule has 0 aromatic carbocycles. The van der Waals surface area contributed by atoms with E-state index in [2.05, 4.69) is 4.98 Å². The molecule has 21 heavy (non-hydrogen) atoms. The molecule has 0 saturated heterocycles. The molecular formula is C15H16N2O4. The fraction of sp³-hybridized carbons (Fsp3) is 0.400. The third-order valence-corrected chi connectivity index (χ3v) is 4.09. The van der Waals surface area contributed by atoms with Gasteiger partial charge in [-0.1, -0.05) is 19.3 Å². The number of carboxylic acid groups (broad SMARTS) is 2. The van der Waals surface area contributed by atoms with Gasteiger partial charge in [0.25, 0.3) is 0 Å². The second-order valence-corrected chi connectivity index (χ2v) is 5.40. The van der Waals surface area contributed by atoms with E-state index in [4.69, 9.17) is 0 Å². The molecule has 1 saturated carbocycles. The van der Waals surface area contributed by atoms with Gasteiger partial charge >= 0.3 is 11.9 Å². The lowest BCUT2D eigenvalue weighted by atomic mass is 9.89. The number of hydrogen-bond donors (Lipinski definition) is 2. The fourth-order valence-electron chi connectivity index (χ4n) is 3.13. The standard InChI is InChI=1S/C15H16N2O4/c18-14(19)10-7-4-8-17-12(10)11(15(20)21)16-13(17)9-5-2-1-3-6-9/h4,7-9H,1-3,5-6H2,(H,18,19)(H,20,21). The van der Waals surface area contributed by atoms with Gasteiger partial charge in [0.15, 0.2) is 5.69 Å². The van der Waals surface area contributed by atoms with Gasteiger partial charge in [-0.15, -0.1) is 0 Å². The van der Waals surface area contributed by atoms with Gasteiger partial charge in [0.05, 0.1) is 11.1 Å². The van der Waals surface area contributed by atoms with Crippen LogP contribution in [0, 0.1) is 0 Å². The lowest BCUT2D eigenvalue weighted by molar-refractivity contribution is 0.0691. The summed E-state index contributed by atoms with van der Waals surface area (Å²) in [6.07, 6.45) is 7.02. The predicted molar refractivity (Wildman–Crippen MR) is 74.9 cm³/mol. The van der Waals surface area contributed by atoms with Crippen LogP contribution in [0.25, 0.3) is 5.52 Å². The topological polar surface area (TPSA) is 91.9 Å². The van der Waals surface area contributed by atoms with E-state index < -0.39 is 11.9 Å². The molecule has 2 heterocycles. The van der Waals surface area contributed by atoms with Crippen molar-refractivity contribution >= 4 is 17.5 Å². The first-order chi connectivity index (χ1) is 10.1. The monoisotopic (exact) mass is 288 g/mol. The zero-order chi connectivity index (χ0) is 15.0. The number of pyridine rings is 1. The Bertz CT molecular complexity index is 714. The maximum absolute atomic E-state index is 11.4. The van der Waals surface area contributed by atoms with Crippen LogP contribution < -0.4 is 0 Å². The van der Waals surface area contributed by atoms with E-state index in [-0.39, 0.29) is 22.7 Å². The molecule has 6 heteroatoms. The maximum atomic E-state index is 11.4. The van der Waals surface area contributed by atoms with E-state index in [0.29, 0.717) is 5.82 Å². The average Bonchev–Trinajstić information content (AvgIpc) is 2.87. The number of aromatic carboxylic acids is 2. The highest BCUT2D eigenvalue weighted by molar-refractivity contribution is 6.03. The first kappa shape index (κ1) is 13.6. The Balaban J connectivity index is 2.24. The first-order valence-corrected chi connectivity index (χ1v) is 7.07. The number of fused-ring (bicyclic) bond motifs is 1. The van der Waals surface area contributed by atoms with Gasteiger partial charge in [-0.3, -0.25) is 0 Å². The Kier molecular flexibility index (Phi) is 3.37. The van der Waals surface area contributed by atoms with Crippen molar-refractivity contribution in [3.63, 3.8) is 0 Å². The van der Waals surface area contributed by atoms with E-state index in [1.807, 2.05) is 0 Å². The molecule has 0 bridgehead atoms. The third-order valence-electron chi connectivity index (χ3n) is 4.09. The molecule has 2 aromatic heterocycles. The highest BCUT2D eigenvalue weighted by Crippen LogP contribution is 2.33. The Morgan fingerprint density at radius 2 is 1.86 bits per heavy atom. The molecule has 3 rings (SSSR count). The minimum atomic E-state index is -1.19. The fourth-order valence-corrected chi connectivity index (χ4v) is 3.13. The van der Waals surface area contributed by atoms with E-state index in [0.717, 1.165) is 25.7 Å². The van der Waals surface area contributed by atoms with Crippen molar-refractivity contribution in [2.24, 2.45) is 0 Å². The average molecular weight is 288 g/mol. The third kappa shape index (κ3) is 2.26. The van der Waals surface area contributed by atoms with Crippen molar-refractivity contribution in [2.75, 3.05) is 0 Å². The molecule has 1 fully saturated rings. The highest BCUT2D eigenvalue weighted by Gasteiger charge is 2.27. The second-order valence-electron chi connectivity index (χ2n) is 5.40. The summed E-state index contributed by atoms with van der Waals surface area (Å²) in [5, 5.41) is 18.6. The largest absolute Gasteiger partial charge is 0.478 e. The summed E-state index contributed by atoms with van der Waals surface area (Å²) in [7, 11) is 0. The van der Waals surface area contributed by atoms with Crippen LogP contribution in [-0.4, -0.2) is 31.5 Å². The zero-order valence-corrected chi connectivity index (χ0v) is 11.5. The van der Waals surface area contributed by atoms with Crippen molar-refractivity contribution in [3.8, 4) is 0 Å². The van der Waals surface area contributed by atoms with Crippen LogP contribution in [-0.2, 0) is 0 Å². The van der Waals surface area contributed by atoms with Crippen LogP contribution in [0.5, 0.6) is 0 Å².